The molecule has 0 radical (unpaired) electrons. The molecule has 0 N–H and O–H groups in total. The van der Waals surface area contributed by atoms with Gasteiger partial charge in [-0.2, -0.15) is 0 Å². The minimum absolute atomic E-state index is 0.106. The molecule has 6 nitrogen and oxygen atoms in total. The van der Waals surface area contributed by atoms with E-state index in [1.807, 2.05) is 0 Å². The summed E-state index contributed by atoms with van der Waals surface area (Å²) in [6.07, 6.45) is 0. The molecule has 0 unspecified atom stereocenters. The van der Waals surface area contributed by atoms with Crippen LogP contribution < -0.4 is 77.9 Å². The lowest BCUT2D eigenvalue weighted by molar-refractivity contribution is 0.466. The van der Waals surface area contributed by atoms with Crippen molar-refractivity contribution >= 4 is 103 Å². The Morgan fingerprint density at radius 2 is 0.712 bits per heavy atom. The predicted octanol–water partition coefficient (Wildman–Crippen LogP) is 8.15. The van der Waals surface area contributed by atoms with Crippen LogP contribution in [0.5, 0.6) is 46.0 Å². The van der Waals surface area contributed by atoms with Crippen LogP contribution >= 0.6 is 0 Å². The zero-order chi connectivity index (χ0) is 43.5. The fourth-order valence-electron chi connectivity index (χ4n) is 12.0. The number of hydrogen-bond donors (Lipinski definition) is 0. The Kier molecular flexibility index (Phi) is 7.18. The van der Waals surface area contributed by atoms with Gasteiger partial charge in [0.25, 0.3) is 20.1 Å². The summed E-state index contributed by atoms with van der Waals surface area (Å²) in [5, 5.41) is 0. The maximum atomic E-state index is 7.46. The van der Waals surface area contributed by atoms with Crippen molar-refractivity contribution in [2.24, 2.45) is 0 Å². The molecular formula is C57H37B3N2O4. The van der Waals surface area contributed by atoms with Crippen molar-refractivity contribution in [1.29, 1.82) is 0 Å². The molecule has 66 heavy (non-hydrogen) atoms. The van der Waals surface area contributed by atoms with Gasteiger partial charge in [-0.25, -0.2) is 0 Å². The largest absolute Gasteiger partial charge is 0.459 e. The van der Waals surface area contributed by atoms with E-state index in [0.29, 0.717) is 0 Å². The lowest BCUT2D eigenvalue weighted by Crippen LogP contribution is -2.66. The number of ether oxygens (including phenoxy) is 4. The third-order valence-electron chi connectivity index (χ3n) is 14.6. The Bertz CT molecular complexity index is 3400. The highest BCUT2D eigenvalue weighted by molar-refractivity contribution is 7.05. The molecular weight excluding hydrogens is 809 g/mol. The van der Waals surface area contributed by atoms with Crippen LogP contribution in [0.3, 0.4) is 0 Å². The Morgan fingerprint density at radius 3 is 1.18 bits per heavy atom. The van der Waals surface area contributed by atoms with E-state index >= 15 is 0 Å². The van der Waals surface area contributed by atoms with Gasteiger partial charge >= 0.3 is 0 Å². The summed E-state index contributed by atoms with van der Waals surface area (Å²) >= 11 is 0. The van der Waals surface area contributed by atoms with E-state index in [1.54, 1.807) is 0 Å². The van der Waals surface area contributed by atoms with Crippen molar-refractivity contribution in [2.45, 2.75) is 20.8 Å². The highest BCUT2D eigenvalue weighted by atomic mass is 16.5. The molecule has 9 aromatic rings. The van der Waals surface area contributed by atoms with E-state index in [-0.39, 0.29) is 20.1 Å². The van der Waals surface area contributed by atoms with E-state index in [1.165, 1.54) is 5.46 Å². The molecule has 0 fully saturated rings. The molecule has 6 heterocycles. The van der Waals surface area contributed by atoms with Gasteiger partial charge in [0, 0.05) is 57.2 Å². The zero-order valence-corrected chi connectivity index (χ0v) is 36.4. The third-order valence-corrected chi connectivity index (χ3v) is 14.6. The van der Waals surface area contributed by atoms with E-state index in [0.717, 1.165) is 141 Å². The number of fused-ring (bicyclic) bond motifs is 14. The molecule has 9 aromatic carbocycles. The molecule has 9 heteroatoms. The first-order chi connectivity index (χ1) is 32.5. The third kappa shape index (κ3) is 4.79. The number of benzene rings is 9. The highest BCUT2D eigenvalue weighted by Crippen LogP contribution is 2.50. The first kappa shape index (κ1) is 36.3. The van der Waals surface area contributed by atoms with Gasteiger partial charge in [0.05, 0.1) is 0 Å². The quantitative estimate of drug-likeness (QED) is 0.164. The van der Waals surface area contributed by atoms with Crippen molar-refractivity contribution in [2.75, 3.05) is 9.80 Å². The molecule has 0 amide bonds. The molecule has 308 valence electrons. The lowest BCUT2D eigenvalue weighted by atomic mass is 9.28. The highest BCUT2D eigenvalue weighted by Gasteiger charge is 2.53. The van der Waals surface area contributed by atoms with Gasteiger partial charge in [0.2, 0.25) is 0 Å². The summed E-state index contributed by atoms with van der Waals surface area (Å²) in [5.74, 6) is 6.72. The molecule has 0 bridgehead atoms. The minimum atomic E-state index is -0.336. The standard InChI is InChI=1S/C57H37B3N2O4/c1-32-22-24-39-47(28-32)63-49-30-43-52(56-54(49)58(39)37-18-10-12-20-45(37)65-56)60-51-41(61(43)35-14-6-4-7-15-35)26-34(3)27-42(51)62(36-16-8-5-9-17-36)44-31-50-55-57(53(44)60)66-46-21-13-11-19-38(46)59(55)40-25-23-33(2)29-48(40)64-50/h4-31H,1-3H3. The molecule has 6 aliphatic rings. The van der Waals surface area contributed by atoms with Crippen LogP contribution in [-0.4, -0.2) is 20.1 Å². The molecule has 15 rings (SSSR count). The van der Waals surface area contributed by atoms with Gasteiger partial charge in [0.15, 0.2) is 0 Å². The van der Waals surface area contributed by atoms with E-state index in [9.17, 15) is 0 Å². The van der Waals surface area contributed by atoms with Crippen LogP contribution in [0.15, 0.2) is 170 Å². The Morgan fingerprint density at radius 1 is 0.303 bits per heavy atom. The summed E-state index contributed by atoms with van der Waals surface area (Å²) in [7, 11) is 0. The van der Waals surface area contributed by atoms with E-state index in [4.69, 9.17) is 18.9 Å². The number of rotatable bonds is 2. The second kappa shape index (κ2) is 13.0. The summed E-state index contributed by atoms with van der Waals surface area (Å²) in [6, 6.07) is 61.0. The molecule has 0 saturated carbocycles. The molecule has 6 aliphatic heterocycles. The van der Waals surface area contributed by atoms with Gasteiger partial charge in [-0.15, -0.1) is 0 Å². The molecule has 0 atom stereocenters. The zero-order valence-electron chi connectivity index (χ0n) is 36.4. The normalized spacial score (nSPS) is 14.3. The van der Waals surface area contributed by atoms with Crippen molar-refractivity contribution in [1.82, 2.24) is 0 Å². The summed E-state index contributed by atoms with van der Waals surface area (Å²) in [5.41, 5.74) is 19.7. The smallest absolute Gasteiger partial charge is 0.261 e. The van der Waals surface area contributed by atoms with E-state index < -0.39 is 0 Å². The molecule has 0 spiro atoms. The van der Waals surface area contributed by atoms with E-state index in [2.05, 4.69) is 200 Å². The van der Waals surface area contributed by atoms with Crippen LogP contribution in [0.2, 0.25) is 0 Å². The predicted molar refractivity (Wildman–Crippen MR) is 270 cm³/mol. The summed E-state index contributed by atoms with van der Waals surface area (Å²) in [6.45, 7) is 5.91. The van der Waals surface area contributed by atoms with Crippen molar-refractivity contribution in [3.63, 3.8) is 0 Å². The van der Waals surface area contributed by atoms with Crippen LogP contribution in [0.25, 0.3) is 0 Å². The molecule has 0 saturated heterocycles. The van der Waals surface area contributed by atoms with Crippen molar-refractivity contribution in [3.8, 4) is 46.0 Å². The number of para-hydroxylation sites is 4. The van der Waals surface area contributed by atoms with Gasteiger partial charge in [-0.1, -0.05) is 97.1 Å². The van der Waals surface area contributed by atoms with Gasteiger partial charge < -0.3 is 28.7 Å². The van der Waals surface area contributed by atoms with Crippen LogP contribution in [-0.2, 0) is 0 Å². The Balaban J connectivity index is 1.11. The summed E-state index contributed by atoms with van der Waals surface area (Å²) < 4.78 is 29.1. The molecule has 0 aromatic heterocycles. The minimum Gasteiger partial charge on any atom is -0.459 e. The monoisotopic (exact) mass is 846 g/mol. The maximum Gasteiger partial charge on any atom is 0.261 e. The van der Waals surface area contributed by atoms with Crippen molar-refractivity contribution in [3.05, 3.63) is 187 Å². The fraction of sp³-hybridized carbons (Fsp3) is 0.0526. The fourth-order valence-corrected chi connectivity index (χ4v) is 12.0. The SMILES string of the molecule is Cc1ccc2c(c1)Oc1cc3c(c4c1B2c1ccccc1O4)B1c2c(cc(C)cc2N(c2ccccc2)c2cc4c5c(c21)Oc1ccccc1B5c1ccc(C)cc1O4)N3c1ccccc1. The number of aryl methyl sites for hydroxylation is 3. The Hall–Kier alpha value is -8.03. The average Bonchev–Trinajstić information content (AvgIpc) is 3.33. The maximum absolute atomic E-state index is 7.46. The van der Waals surface area contributed by atoms with Crippen LogP contribution in [0, 0.1) is 20.8 Å². The second-order valence-electron chi connectivity index (χ2n) is 18.5. The van der Waals surface area contributed by atoms with Crippen LogP contribution in [0.1, 0.15) is 16.7 Å². The van der Waals surface area contributed by atoms with Gasteiger partial charge in [-0.3, -0.25) is 0 Å². The van der Waals surface area contributed by atoms with Gasteiger partial charge in [0.1, 0.15) is 46.0 Å². The average molecular weight is 846 g/mol. The first-order valence-corrected chi connectivity index (χ1v) is 22.8. The first-order valence-electron chi connectivity index (χ1n) is 22.8. The van der Waals surface area contributed by atoms with Crippen molar-refractivity contribution < 1.29 is 18.9 Å². The second-order valence-corrected chi connectivity index (χ2v) is 18.5. The topological polar surface area (TPSA) is 43.4 Å². The number of anilines is 6. The molecule has 0 aliphatic carbocycles. The lowest BCUT2D eigenvalue weighted by Gasteiger charge is -2.47. The van der Waals surface area contributed by atoms with Crippen LogP contribution in [0.4, 0.5) is 34.1 Å². The number of nitrogens with zero attached hydrogens (tertiary/aromatic N) is 2. The summed E-state index contributed by atoms with van der Waals surface area (Å²) in [4.78, 5) is 4.86. The van der Waals surface area contributed by atoms with Gasteiger partial charge in [-0.05, 0) is 136 Å². The Labute approximate surface area is 383 Å². The number of hydrogen-bond acceptors (Lipinski definition) is 6.